The molecule has 3 N–H and O–H groups in total. The number of ether oxygens (including phenoxy) is 1. The van der Waals surface area contributed by atoms with Crippen LogP contribution in [0.5, 0.6) is 0 Å². The number of carbonyl (C=O) groups is 3. The molecule has 4 fully saturated rings. The Bertz CT molecular complexity index is 2490. The number of nitrogens with zero attached hydrogens (tertiary/aromatic N) is 6. The maximum absolute atomic E-state index is 13.9. The Hall–Kier alpha value is -4.56. The quantitative estimate of drug-likeness (QED) is 0.122. The van der Waals surface area contributed by atoms with Gasteiger partial charge >= 0.3 is 5.97 Å². The Labute approximate surface area is 374 Å². The van der Waals surface area contributed by atoms with Gasteiger partial charge in [0.15, 0.2) is 11.6 Å². The fraction of sp³-hybridized carbons (Fsp3) is 0.571. The minimum atomic E-state index is -0.618. The first kappa shape index (κ1) is 42.4. The van der Waals surface area contributed by atoms with Crippen LogP contribution >= 0.6 is 11.6 Å². The number of fused-ring (bicyclic) bond motifs is 6. The molecule has 4 saturated carbocycles. The van der Waals surface area contributed by atoms with E-state index in [1.165, 1.54) is 32.1 Å². The van der Waals surface area contributed by atoms with Gasteiger partial charge in [-0.1, -0.05) is 35.9 Å². The van der Waals surface area contributed by atoms with Crippen molar-refractivity contribution in [2.75, 3.05) is 50.5 Å². The predicted molar refractivity (Wildman–Crippen MR) is 242 cm³/mol. The molecule has 14 heteroatoms. The highest BCUT2D eigenvalue weighted by atomic mass is 35.5. The van der Waals surface area contributed by atoms with E-state index in [0.29, 0.717) is 45.4 Å². The van der Waals surface area contributed by atoms with Gasteiger partial charge in [-0.3, -0.25) is 24.2 Å². The predicted octanol–water partition coefficient (Wildman–Crippen LogP) is 8.03. The molecule has 2 aromatic heterocycles. The smallest absolute Gasteiger partial charge is 0.309 e. The molecule has 10 rings (SSSR count). The van der Waals surface area contributed by atoms with Crippen molar-refractivity contribution >= 4 is 40.8 Å². The summed E-state index contributed by atoms with van der Waals surface area (Å²) >= 11 is 7.10. The first-order valence-electron chi connectivity index (χ1n) is 23.0. The lowest BCUT2D eigenvalue weighted by molar-refractivity contribution is -0.148. The monoisotopic (exact) mass is 876 g/mol. The van der Waals surface area contributed by atoms with Crippen LogP contribution in [0.4, 0.5) is 11.4 Å². The third-order valence-electron chi connectivity index (χ3n) is 16.7. The zero-order chi connectivity index (χ0) is 43.9. The standard InChI is InChI=1S/C49H61ClN8O5/c1-31-32(7-5-9-34(31)53-43(59)41-51-36-25-57(22-11-38(36)55(41)2)24-21-46-17-19-49(28-46,20-18-46)45(61)62)33-8-6-10-35(40(33)50)54-44(60)42-52-37-26-58(23-12-39(37)56(42)3)29-47-13-15-48(27-47,16-14-47)30-63-4/h5-10H,11-30H2,1-4H3,(H,53,59)(H,54,60)(H,61,62). The van der Waals surface area contributed by atoms with Gasteiger partial charge in [0.1, 0.15) is 0 Å². The van der Waals surface area contributed by atoms with Crippen molar-refractivity contribution in [2.24, 2.45) is 35.8 Å². The molecule has 334 valence electrons. The number of aliphatic carboxylic acids is 1. The molecule has 4 bridgehead atoms. The molecule has 0 spiro atoms. The zero-order valence-corrected chi connectivity index (χ0v) is 38.0. The van der Waals surface area contributed by atoms with Crippen LogP contribution in [0, 0.1) is 28.6 Å². The van der Waals surface area contributed by atoms with Crippen molar-refractivity contribution in [1.29, 1.82) is 0 Å². The van der Waals surface area contributed by atoms with Crippen LogP contribution in [-0.2, 0) is 49.6 Å². The fourth-order valence-corrected chi connectivity index (χ4v) is 13.4. The van der Waals surface area contributed by atoms with E-state index < -0.39 is 11.4 Å². The molecule has 2 aliphatic heterocycles. The molecule has 13 nitrogen and oxygen atoms in total. The number of imidazole rings is 2. The zero-order valence-electron chi connectivity index (χ0n) is 37.2. The third-order valence-corrected chi connectivity index (χ3v) is 17.1. The normalized spacial score (nSPS) is 27.4. The van der Waals surface area contributed by atoms with Gasteiger partial charge in [0, 0.05) is 89.4 Å². The van der Waals surface area contributed by atoms with Crippen LogP contribution in [0.3, 0.4) is 0 Å². The number of carboxylic acids is 1. The van der Waals surface area contributed by atoms with E-state index in [4.69, 9.17) is 26.3 Å². The van der Waals surface area contributed by atoms with Crippen LogP contribution in [0.25, 0.3) is 11.1 Å². The molecule has 4 aliphatic carbocycles. The number of anilines is 2. The number of benzene rings is 2. The summed E-state index contributed by atoms with van der Waals surface area (Å²) in [6, 6.07) is 11.3. The summed E-state index contributed by atoms with van der Waals surface area (Å²) in [7, 11) is 5.67. The van der Waals surface area contributed by atoms with Crippen molar-refractivity contribution in [3.8, 4) is 11.1 Å². The van der Waals surface area contributed by atoms with E-state index in [0.717, 1.165) is 130 Å². The summed E-state index contributed by atoms with van der Waals surface area (Å²) in [6.07, 6.45) is 13.4. The summed E-state index contributed by atoms with van der Waals surface area (Å²) in [5, 5.41) is 16.5. The topological polar surface area (TPSA) is 147 Å². The first-order chi connectivity index (χ1) is 30.2. The number of carbonyl (C=O) groups excluding carboxylic acids is 2. The van der Waals surface area contributed by atoms with E-state index in [-0.39, 0.29) is 17.2 Å². The molecule has 2 amide bonds. The second-order valence-corrected chi connectivity index (χ2v) is 20.8. The molecule has 0 unspecified atom stereocenters. The average molecular weight is 878 g/mol. The molecule has 0 radical (unpaired) electrons. The second-order valence-electron chi connectivity index (χ2n) is 20.4. The molecule has 4 heterocycles. The van der Waals surface area contributed by atoms with Crippen LogP contribution in [-0.4, -0.2) is 91.7 Å². The highest BCUT2D eigenvalue weighted by Gasteiger charge is 2.58. The maximum atomic E-state index is 13.9. The van der Waals surface area contributed by atoms with E-state index >= 15 is 0 Å². The number of nitrogens with one attached hydrogen (secondary N) is 2. The summed E-state index contributed by atoms with van der Waals surface area (Å²) in [5.41, 5.74) is 8.02. The van der Waals surface area contributed by atoms with Gasteiger partial charge in [-0.05, 0) is 124 Å². The van der Waals surface area contributed by atoms with Crippen LogP contribution in [0.2, 0.25) is 5.02 Å². The number of hydrogen-bond donors (Lipinski definition) is 3. The van der Waals surface area contributed by atoms with Crippen molar-refractivity contribution in [1.82, 2.24) is 28.9 Å². The first-order valence-corrected chi connectivity index (χ1v) is 23.4. The molecule has 0 atom stereocenters. The summed E-state index contributed by atoms with van der Waals surface area (Å²) in [6.45, 7) is 8.08. The Morgan fingerprint density at radius 3 is 1.92 bits per heavy atom. The SMILES string of the molecule is COCC12CCC(CN3CCc4c(nc(C(=O)Nc5cccc(-c6cccc(NC(=O)c7nc8c(n7C)CCN(CCC79CCC(C(=O)O)(CC7)C9)C8)c6C)c5Cl)n4C)C3)(CC1)C2. The highest BCUT2D eigenvalue weighted by molar-refractivity contribution is 6.36. The third kappa shape index (κ3) is 7.40. The minimum Gasteiger partial charge on any atom is -0.481 e. The molecule has 63 heavy (non-hydrogen) atoms. The number of halogens is 1. The lowest BCUT2D eigenvalue weighted by atomic mass is 9.80. The summed E-state index contributed by atoms with van der Waals surface area (Å²) in [4.78, 5) is 54.5. The van der Waals surface area contributed by atoms with Gasteiger partial charge < -0.3 is 29.6 Å². The van der Waals surface area contributed by atoms with Gasteiger partial charge in [0.25, 0.3) is 11.8 Å². The lowest BCUT2D eigenvalue weighted by Crippen LogP contribution is -2.39. The molecule has 2 aromatic carbocycles. The number of hydrogen-bond acceptors (Lipinski definition) is 8. The van der Waals surface area contributed by atoms with E-state index in [9.17, 15) is 19.5 Å². The second kappa shape index (κ2) is 15.9. The number of methoxy groups -OCH3 is 1. The highest BCUT2D eigenvalue weighted by Crippen LogP contribution is 2.63. The van der Waals surface area contributed by atoms with Crippen molar-refractivity contribution < 1.29 is 24.2 Å². The van der Waals surface area contributed by atoms with Crippen LogP contribution < -0.4 is 10.6 Å². The molecule has 0 saturated heterocycles. The van der Waals surface area contributed by atoms with Gasteiger partial charge in [-0.25, -0.2) is 9.97 Å². The van der Waals surface area contributed by atoms with Gasteiger partial charge in [0.05, 0.1) is 34.1 Å². The van der Waals surface area contributed by atoms with Crippen LogP contribution in [0.15, 0.2) is 36.4 Å². The Balaban J connectivity index is 0.789. The largest absolute Gasteiger partial charge is 0.481 e. The molecule has 6 aliphatic rings. The Morgan fingerprint density at radius 1 is 0.746 bits per heavy atom. The molecule has 4 aromatic rings. The Kier molecular flexibility index (Phi) is 10.7. The van der Waals surface area contributed by atoms with E-state index in [2.05, 4.69) is 20.4 Å². The maximum Gasteiger partial charge on any atom is 0.309 e. The van der Waals surface area contributed by atoms with Crippen molar-refractivity contribution in [3.63, 3.8) is 0 Å². The van der Waals surface area contributed by atoms with Gasteiger partial charge in [-0.15, -0.1) is 0 Å². The van der Waals surface area contributed by atoms with Crippen molar-refractivity contribution in [2.45, 2.75) is 103 Å². The van der Waals surface area contributed by atoms with Gasteiger partial charge in [0.2, 0.25) is 0 Å². The van der Waals surface area contributed by atoms with E-state index in [1.54, 1.807) is 6.07 Å². The van der Waals surface area contributed by atoms with E-state index in [1.807, 2.05) is 67.6 Å². The Morgan fingerprint density at radius 2 is 1.30 bits per heavy atom. The lowest BCUT2D eigenvalue weighted by Gasteiger charge is -2.35. The fourth-order valence-electron chi connectivity index (χ4n) is 13.2. The number of amides is 2. The number of carboxylic acid groups (broad SMARTS) is 1. The number of aromatic nitrogens is 4. The molecular formula is C49H61ClN8O5. The summed E-state index contributed by atoms with van der Waals surface area (Å²) < 4.78 is 9.49. The molecular weight excluding hydrogens is 816 g/mol. The summed E-state index contributed by atoms with van der Waals surface area (Å²) in [5.74, 6) is -0.468. The van der Waals surface area contributed by atoms with Gasteiger partial charge in [-0.2, -0.15) is 0 Å². The van der Waals surface area contributed by atoms with Crippen LogP contribution in [0.1, 0.15) is 120 Å². The van der Waals surface area contributed by atoms with Crippen molar-refractivity contribution in [3.05, 3.63) is 81.4 Å². The number of rotatable bonds is 13. The average Bonchev–Trinajstić information content (AvgIpc) is 4.13. The minimum absolute atomic E-state index is 0.145.